The second-order valence-electron chi connectivity index (χ2n) is 6.69. The van der Waals surface area contributed by atoms with Crippen LogP contribution in [0, 0.1) is 13.8 Å². The molecular formula is C23H26N2O3. The van der Waals surface area contributed by atoms with Gasteiger partial charge in [0.05, 0.1) is 5.41 Å². The summed E-state index contributed by atoms with van der Waals surface area (Å²) in [7, 11) is 0. The maximum Gasteiger partial charge on any atom is 0.346 e. The number of carboxylic acid groups (broad SMARTS) is 1. The molecule has 2 aromatic rings. The quantitative estimate of drug-likeness (QED) is 0.681. The SMILES string of the molecule is C=C/C(=C\C=C/C)C(C)(c1ccccc1)C(Oc1nc(C)cc(C)n1)C(=O)O. The molecule has 0 fully saturated rings. The average molecular weight is 378 g/mol. The Balaban J connectivity index is 2.66. The van der Waals surface area contributed by atoms with Gasteiger partial charge in [0.15, 0.2) is 0 Å². The van der Waals surface area contributed by atoms with Crippen LogP contribution < -0.4 is 4.74 Å². The van der Waals surface area contributed by atoms with Crippen molar-refractivity contribution >= 4 is 5.97 Å². The molecule has 0 saturated carbocycles. The van der Waals surface area contributed by atoms with Gasteiger partial charge in [-0.3, -0.25) is 0 Å². The fourth-order valence-corrected chi connectivity index (χ4v) is 3.17. The lowest BCUT2D eigenvalue weighted by molar-refractivity contribution is -0.148. The fourth-order valence-electron chi connectivity index (χ4n) is 3.17. The van der Waals surface area contributed by atoms with E-state index < -0.39 is 17.5 Å². The highest BCUT2D eigenvalue weighted by atomic mass is 16.5. The van der Waals surface area contributed by atoms with E-state index in [2.05, 4.69) is 16.5 Å². The number of hydrogen-bond donors (Lipinski definition) is 1. The number of carboxylic acids is 1. The fraction of sp³-hybridized carbons (Fsp3) is 0.261. The molecule has 0 amide bonds. The first-order valence-corrected chi connectivity index (χ1v) is 9.06. The first-order valence-electron chi connectivity index (χ1n) is 9.06. The molecule has 2 unspecified atom stereocenters. The number of ether oxygens (including phenoxy) is 1. The minimum Gasteiger partial charge on any atom is -0.478 e. The van der Waals surface area contributed by atoms with Gasteiger partial charge in [-0.1, -0.05) is 61.2 Å². The molecule has 0 aliphatic carbocycles. The minimum atomic E-state index is -1.26. The summed E-state index contributed by atoms with van der Waals surface area (Å²) >= 11 is 0. The summed E-state index contributed by atoms with van der Waals surface area (Å²) in [6.07, 6.45) is 5.98. The average Bonchev–Trinajstić information content (AvgIpc) is 2.66. The summed E-state index contributed by atoms with van der Waals surface area (Å²) < 4.78 is 5.89. The summed E-state index contributed by atoms with van der Waals surface area (Å²) in [5.74, 6) is -1.11. The van der Waals surface area contributed by atoms with Gasteiger partial charge in [0.1, 0.15) is 0 Å². The van der Waals surface area contributed by atoms with Crippen molar-refractivity contribution < 1.29 is 14.6 Å². The van der Waals surface area contributed by atoms with Gasteiger partial charge >= 0.3 is 12.0 Å². The highest BCUT2D eigenvalue weighted by Crippen LogP contribution is 2.38. The Hall–Kier alpha value is -3.21. The molecule has 0 aliphatic rings. The molecule has 146 valence electrons. The second kappa shape index (κ2) is 9.13. The molecule has 0 spiro atoms. The zero-order chi connectivity index (χ0) is 20.7. The van der Waals surface area contributed by atoms with Crippen LogP contribution in [0.2, 0.25) is 0 Å². The number of carbonyl (C=O) groups is 1. The molecular weight excluding hydrogens is 352 g/mol. The van der Waals surface area contributed by atoms with Crippen LogP contribution in [-0.4, -0.2) is 27.1 Å². The number of allylic oxidation sites excluding steroid dienone is 4. The summed E-state index contributed by atoms with van der Waals surface area (Å²) in [4.78, 5) is 20.8. The third-order valence-electron chi connectivity index (χ3n) is 4.59. The lowest BCUT2D eigenvalue weighted by Crippen LogP contribution is -2.47. The van der Waals surface area contributed by atoms with Crippen molar-refractivity contribution in [3.05, 3.63) is 89.8 Å². The van der Waals surface area contributed by atoms with E-state index in [9.17, 15) is 9.90 Å². The van der Waals surface area contributed by atoms with Crippen LogP contribution in [0.1, 0.15) is 30.8 Å². The van der Waals surface area contributed by atoms with Crippen molar-refractivity contribution in [1.29, 1.82) is 0 Å². The van der Waals surface area contributed by atoms with Crippen molar-refractivity contribution in [3.63, 3.8) is 0 Å². The van der Waals surface area contributed by atoms with Crippen LogP contribution in [0.25, 0.3) is 0 Å². The molecule has 0 saturated heterocycles. The topological polar surface area (TPSA) is 72.3 Å². The molecule has 0 aliphatic heterocycles. The molecule has 1 N–H and O–H groups in total. The normalized spacial score (nSPS) is 15.1. The molecule has 5 heteroatoms. The van der Waals surface area contributed by atoms with E-state index >= 15 is 0 Å². The number of rotatable bonds is 8. The molecule has 0 radical (unpaired) electrons. The number of hydrogen-bond acceptors (Lipinski definition) is 4. The summed E-state index contributed by atoms with van der Waals surface area (Å²) in [5.41, 5.74) is 1.91. The molecule has 2 atom stereocenters. The highest BCUT2D eigenvalue weighted by Gasteiger charge is 2.45. The number of aliphatic carboxylic acids is 1. The Labute approximate surface area is 166 Å². The molecule has 1 aromatic heterocycles. The van der Waals surface area contributed by atoms with Crippen molar-refractivity contribution in [2.45, 2.75) is 39.2 Å². The third kappa shape index (κ3) is 4.55. The van der Waals surface area contributed by atoms with E-state index in [1.54, 1.807) is 12.1 Å². The first-order chi connectivity index (χ1) is 13.3. The first kappa shape index (κ1) is 21.1. The van der Waals surface area contributed by atoms with Gasteiger partial charge in [-0.25, -0.2) is 14.8 Å². The minimum absolute atomic E-state index is 0.0431. The van der Waals surface area contributed by atoms with Gasteiger partial charge in [-0.05, 0) is 44.9 Å². The highest BCUT2D eigenvalue weighted by molar-refractivity contribution is 5.77. The summed E-state index contributed by atoms with van der Waals surface area (Å²) in [5, 5.41) is 10.1. The summed E-state index contributed by atoms with van der Waals surface area (Å²) in [6, 6.07) is 11.2. The standard InChI is InChI=1S/C23H26N2O3/c1-6-8-12-18(7-2)23(5,19-13-10-9-11-14-19)20(21(26)27)28-22-24-16(3)15-17(4)25-22/h6-15,20H,2H2,1,3-5H3,(H,26,27)/b8-6-,18-12+. The van der Waals surface area contributed by atoms with Gasteiger partial charge in [-0.2, -0.15) is 0 Å². The Morgan fingerprint density at radius 2 is 1.82 bits per heavy atom. The molecule has 0 bridgehead atoms. The number of aryl methyl sites for hydroxylation is 2. The molecule has 5 nitrogen and oxygen atoms in total. The number of benzene rings is 1. The third-order valence-corrected chi connectivity index (χ3v) is 4.59. The van der Waals surface area contributed by atoms with E-state index in [1.807, 2.05) is 76.3 Å². The zero-order valence-electron chi connectivity index (χ0n) is 16.7. The Morgan fingerprint density at radius 1 is 1.21 bits per heavy atom. The smallest absolute Gasteiger partial charge is 0.346 e. The lowest BCUT2D eigenvalue weighted by Gasteiger charge is -2.36. The second-order valence-corrected chi connectivity index (χ2v) is 6.69. The number of aromatic nitrogens is 2. The van der Waals surface area contributed by atoms with Crippen molar-refractivity contribution in [2.24, 2.45) is 0 Å². The van der Waals surface area contributed by atoms with E-state index in [0.717, 1.165) is 5.56 Å². The van der Waals surface area contributed by atoms with Crippen molar-refractivity contribution in [1.82, 2.24) is 9.97 Å². The van der Waals surface area contributed by atoms with Crippen molar-refractivity contribution in [3.8, 4) is 6.01 Å². The predicted octanol–water partition coefficient (Wildman–Crippen LogP) is 4.57. The van der Waals surface area contributed by atoms with Crippen LogP contribution in [0.15, 0.2) is 72.9 Å². The maximum atomic E-state index is 12.3. The van der Waals surface area contributed by atoms with E-state index in [4.69, 9.17) is 4.74 Å². The van der Waals surface area contributed by atoms with Gasteiger partial charge in [0, 0.05) is 11.4 Å². The van der Waals surface area contributed by atoms with Crippen LogP contribution in [-0.2, 0) is 10.2 Å². The van der Waals surface area contributed by atoms with E-state index in [1.165, 1.54) is 0 Å². The summed E-state index contributed by atoms with van der Waals surface area (Å²) in [6.45, 7) is 11.3. The van der Waals surface area contributed by atoms with Crippen molar-refractivity contribution in [2.75, 3.05) is 0 Å². The van der Waals surface area contributed by atoms with Gasteiger partial charge in [-0.15, -0.1) is 0 Å². The molecule has 28 heavy (non-hydrogen) atoms. The van der Waals surface area contributed by atoms with Gasteiger partial charge in [0.25, 0.3) is 0 Å². The van der Waals surface area contributed by atoms with E-state index in [-0.39, 0.29) is 6.01 Å². The van der Waals surface area contributed by atoms with Crippen LogP contribution in [0.4, 0.5) is 0 Å². The number of nitrogens with zero attached hydrogens (tertiary/aromatic N) is 2. The molecule has 1 heterocycles. The maximum absolute atomic E-state index is 12.3. The van der Waals surface area contributed by atoms with Crippen LogP contribution >= 0.6 is 0 Å². The monoisotopic (exact) mass is 378 g/mol. The Kier molecular flexibility index (Phi) is 6.88. The Bertz CT molecular complexity index is 883. The Morgan fingerprint density at radius 3 is 2.32 bits per heavy atom. The van der Waals surface area contributed by atoms with Crippen LogP contribution in [0.5, 0.6) is 6.01 Å². The van der Waals surface area contributed by atoms with Gasteiger partial charge < -0.3 is 9.84 Å². The largest absolute Gasteiger partial charge is 0.478 e. The van der Waals surface area contributed by atoms with Gasteiger partial charge in [0.2, 0.25) is 6.10 Å². The zero-order valence-corrected chi connectivity index (χ0v) is 16.7. The predicted molar refractivity (Wildman–Crippen MR) is 110 cm³/mol. The van der Waals surface area contributed by atoms with Crippen LogP contribution in [0.3, 0.4) is 0 Å². The molecule has 2 rings (SSSR count). The lowest BCUT2D eigenvalue weighted by atomic mass is 9.71. The molecule has 1 aromatic carbocycles. The van der Waals surface area contributed by atoms with E-state index in [0.29, 0.717) is 17.0 Å².